The molecule has 0 unspecified atom stereocenters. The second kappa shape index (κ2) is 10.3. The zero-order valence-corrected chi connectivity index (χ0v) is 18.5. The molecule has 0 spiro atoms. The number of carbonyl (C=O) groups excluding carboxylic acids is 1. The molecular weight excluding hydrogens is 459 g/mol. The lowest BCUT2D eigenvalue weighted by Crippen LogP contribution is -2.20. The Bertz CT molecular complexity index is 1190. The highest BCUT2D eigenvalue weighted by molar-refractivity contribution is 7.92. The molecule has 10 heteroatoms. The van der Waals surface area contributed by atoms with Gasteiger partial charge < -0.3 is 14.8 Å². The third-order valence-corrected chi connectivity index (χ3v) is 5.81. The maximum absolute atomic E-state index is 13.2. The van der Waals surface area contributed by atoms with Gasteiger partial charge in [-0.25, -0.2) is 12.8 Å². The lowest BCUT2D eigenvalue weighted by Gasteiger charge is -2.11. The Kier molecular flexibility index (Phi) is 7.55. The average Bonchev–Trinajstić information content (AvgIpc) is 2.76. The standard InChI is InChI=1S/C22H20ClFN2O5S/c1-2-30-17-6-3-15(4-7-17)26-32(28,29)19-10-8-18(9-11-19)31-14-22(27)25-16-5-12-21(24)20(23)13-16/h3-13,26H,2,14H2,1H3,(H,25,27). The Morgan fingerprint density at radius 2 is 1.53 bits per heavy atom. The van der Waals surface area contributed by atoms with E-state index in [-0.39, 0.29) is 16.5 Å². The number of hydrogen-bond acceptors (Lipinski definition) is 5. The molecule has 0 aliphatic heterocycles. The van der Waals surface area contributed by atoms with Crippen LogP contribution in [-0.4, -0.2) is 27.5 Å². The molecule has 7 nitrogen and oxygen atoms in total. The van der Waals surface area contributed by atoms with Crippen LogP contribution in [0.4, 0.5) is 15.8 Å². The van der Waals surface area contributed by atoms with Crippen molar-refractivity contribution in [2.45, 2.75) is 11.8 Å². The molecule has 168 valence electrons. The predicted octanol–water partition coefficient (Wildman–Crippen LogP) is 4.70. The van der Waals surface area contributed by atoms with Crippen molar-refractivity contribution in [3.63, 3.8) is 0 Å². The number of amides is 1. The van der Waals surface area contributed by atoms with E-state index in [9.17, 15) is 17.6 Å². The number of carbonyl (C=O) groups is 1. The van der Waals surface area contributed by atoms with Crippen LogP contribution in [-0.2, 0) is 14.8 Å². The van der Waals surface area contributed by atoms with Crippen LogP contribution in [0.2, 0.25) is 5.02 Å². The fourth-order valence-electron chi connectivity index (χ4n) is 2.63. The van der Waals surface area contributed by atoms with E-state index in [1.54, 1.807) is 24.3 Å². The van der Waals surface area contributed by atoms with Gasteiger partial charge in [-0.15, -0.1) is 0 Å². The molecule has 3 rings (SSSR count). The van der Waals surface area contributed by atoms with Crippen molar-refractivity contribution in [2.24, 2.45) is 0 Å². The quantitative estimate of drug-likeness (QED) is 0.465. The topological polar surface area (TPSA) is 93.7 Å². The number of benzene rings is 3. The largest absolute Gasteiger partial charge is 0.494 e. The maximum atomic E-state index is 13.2. The van der Waals surface area contributed by atoms with Crippen LogP contribution in [0.5, 0.6) is 11.5 Å². The highest BCUT2D eigenvalue weighted by atomic mass is 35.5. The van der Waals surface area contributed by atoms with Crippen molar-refractivity contribution in [3.05, 3.63) is 77.6 Å². The molecule has 0 aliphatic rings. The van der Waals surface area contributed by atoms with Crippen LogP contribution in [0.25, 0.3) is 0 Å². The second-order valence-corrected chi connectivity index (χ2v) is 8.59. The number of ether oxygens (including phenoxy) is 2. The Hall–Kier alpha value is -3.30. The molecule has 0 fully saturated rings. The summed E-state index contributed by atoms with van der Waals surface area (Å²) in [4.78, 5) is 12.0. The van der Waals surface area contributed by atoms with Crippen molar-refractivity contribution < 1.29 is 27.1 Å². The van der Waals surface area contributed by atoms with Gasteiger partial charge in [0, 0.05) is 11.4 Å². The van der Waals surface area contributed by atoms with Gasteiger partial charge in [0.15, 0.2) is 6.61 Å². The molecule has 0 heterocycles. The van der Waals surface area contributed by atoms with Crippen LogP contribution < -0.4 is 19.5 Å². The molecular formula is C22H20ClFN2O5S. The molecule has 0 radical (unpaired) electrons. The number of sulfonamides is 1. The summed E-state index contributed by atoms with van der Waals surface area (Å²) in [5.41, 5.74) is 0.721. The molecule has 2 N–H and O–H groups in total. The molecule has 0 saturated heterocycles. The Labute approximate surface area is 190 Å². The van der Waals surface area contributed by atoms with E-state index in [0.29, 0.717) is 29.5 Å². The van der Waals surface area contributed by atoms with E-state index in [2.05, 4.69) is 10.0 Å². The first-order valence-electron chi connectivity index (χ1n) is 9.50. The molecule has 32 heavy (non-hydrogen) atoms. The summed E-state index contributed by atoms with van der Waals surface area (Å²) in [6.07, 6.45) is 0. The van der Waals surface area contributed by atoms with E-state index < -0.39 is 21.7 Å². The Morgan fingerprint density at radius 3 is 2.16 bits per heavy atom. The van der Waals surface area contributed by atoms with Crippen LogP contribution in [0.3, 0.4) is 0 Å². The van der Waals surface area contributed by atoms with Gasteiger partial charge in [-0.2, -0.15) is 0 Å². The molecule has 0 saturated carbocycles. The third-order valence-electron chi connectivity index (χ3n) is 4.12. The molecule has 3 aromatic rings. The van der Waals surface area contributed by atoms with E-state index in [0.717, 1.165) is 6.07 Å². The minimum Gasteiger partial charge on any atom is -0.494 e. The lowest BCUT2D eigenvalue weighted by atomic mass is 10.3. The highest BCUT2D eigenvalue weighted by Crippen LogP contribution is 2.22. The van der Waals surface area contributed by atoms with Gasteiger partial charge in [0.1, 0.15) is 17.3 Å². The van der Waals surface area contributed by atoms with Crippen molar-refractivity contribution in [3.8, 4) is 11.5 Å². The zero-order chi connectivity index (χ0) is 23.1. The van der Waals surface area contributed by atoms with Crippen LogP contribution in [0, 0.1) is 5.82 Å². The predicted molar refractivity (Wildman–Crippen MR) is 120 cm³/mol. The zero-order valence-electron chi connectivity index (χ0n) is 17.0. The maximum Gasteiger partial charge on any atom is 0.262 e. The number of nitrogens with one attached hydrogen (secondary N) is 2. The van der Waals surface area contributed by atoms with Gasteiger partial charge >= 0.3 is 0 Å². The van der Waals surface area contributed by atoms with Crippen molar-refractivity contribution in [1.82, 2.24) is 0 Å². The van der Waals surface area contributed by atoms with Crippen LogP contribution >= 0.6 is 11.6 Å². The van der Waals surface area contributed by atoms with Gasteiger partial charge in [-0.05, 0) is 73.7 Å². The highest BCUT2D eigenvalue weighted by Gasteiger charge is 2.15. The smallest absolute Gasteiger partial charge is 0.262 e. The molecule has 0 aromatic heterocycles. The number of rotatable bonds is 9. The monoisotopic (exact) mass is 478 g/mol. The molecule has 0 aliphatic carbocycles. The van der Waals surface area contributed by atoms with Crippen molar-refractivity contribution in [2.75, 3.05) is 23.3 Å². The van der Waals surface area contributed by atoms with E-state index in [4.69, 9.17) is 21.1 Å². The minimum absolute atomic E-state index is 0.0316. The van der Waals surface area contributed by atoms with E-state index in [1.807, 2.05) is 6.92 Å². The van der Waals surface area contributed by atoms with Crippen LogP contribution in [0.15, 0.2) is 71.6 Å². The SMILES string of the molecule is CCOc1ccc(NS(=O)(=O)c2ccc(OCC(=O)Nc3ccc(F)c(Cl)c3)cc2)cc1. The second-order valence-electron chi connectivity index (χ2n) is 6.50. The number of anilines is 2. The fraction of sp³-hybridized carbons (Fsp3) is 0.136. The van der Waals surface area contributed by atoms with Gasteiger partial charge in [0.2, 0.25) is 0 Å². The molecule has 3 aromatic carbocycles. The van der Waals surface area contributed by atoms with E-state index in [1.165, 1.54) is 36.4 Å². The minimum atomic E-state index is -3.80. The summed E-state index contributed by atoms with van der Waals surface area (Å²) >= 11 is 5.68. The Balaban J connectivity index is 1.56. The first kappa shape index (κ1) is 23.4. The van der Waals surface area contributed by atoms with Gasteiger partial charge in [0.05, 0.1) is 16.5 Å². The summed E-state index contributed by atoms with van der Waals surface area (Å²) in [5.74, 6) is -0.129. The lowest BCUT2D eigenvalue weighted by molar-refractivity contribution is -0.118. The summed E-state index contributed by atoms with van der Waals surface area (Å²) in [7, 11) is -3.80. The van der Waals surface area contributed by atoms with E-state index >= 15 is 0 Å². The van der Waals surface area contributed by atoms with Crippen LogP contribution in [0.1, 0.15) is 6.92 Å². The van der Waals surface area contributed by atoms with Gasteiger partial charge in [0.25, 0.3) is 15.9 Å². The summed E-state index contributed by atoms with van der Waals surface area (Å²) in [5, 5.41) is 2.41. The van der Waals surface area contributed by atoms with Crippen molar-refractivity contribution in [1.29, 1.82) is 0 Å². The Morgan fingerprint density at radius 1 is 0.938 bits per heavy atom. The first-order chi connectivity index (χ1) is 15.3. The normalized spacial score (nSPS) is 11.0. The number of halogens is 2. The third kappa shape index (κ3) is 6.35. The first-order valence-corrected chi connectivity index (χ1v) is 11.4. The molecule has 0 atom stereocenters. The molecule has 0 bridgehead atoms. The van der Waals surface area contributed by atoms with Gasteiger partial charge in [-0.3, -0.25) is 9.52 Å². The number of hydrogen-bond donors (Lipinski definition) is 2. The van der Waals surface area contributed by atoms with Gasteiger partial charge in [-0.1, -0.05) is 11.6 Å². The van der Waals surface area contributed by atoms with Crippen molar-refractivity contribution >= 4 is 38.9 Å². The molecule has 1 amide bonds. The average molecular weight is 479 g/mol. The summed E-state index contributed by atoms with van der Waals surface area (Å²) in [6, 6.07) is 15.9. The summed E-state index contributed by atoms with van der Waals surface area (Å²) in [6.45, 7) is 2.05. The fourth-order valence-corrected chi connectivity index (χ4v) is 3.87. The summed E-state index contributed by atoms with van der Waals surface area (Å²) < 4.78 is 51.5.